The van der Waals surface area contributed by atoms with E-state index in [0.29, 0.717) is 15.9 Å². The van der Waals surface area contributed by atoms with Crippen LogP contribution in [0.1, 0.15) is 12.0 Å². The third-order valence-electron chi connectivity index (χ3n) is 3.33. The van der Waals surface area contributed by atoms with Gasteiger partial charge in [0.15, 0.2) is 0 Å². The lowest BCUT2D eigenvalue weighted by Gasteiger charge is -2.16. The Morgan fingerprint density at radius 1 is 1.61 bits per heavy atom. The number of likely N-dealkylation sites (tertiary alicyclic amines) is 1. The van der Waals surface area contributed by atoms with Crippen molar-refractivity contribution >= 4 is 34.5 Å². The molecule has 0 saturated carbocycles. The van der Waals surface area contributed by atoms with Gasteiger partial charge in [-0.3, -0.25) is 0 Å². The standard InChI is InChI=1S/C13H18ClN3S/c1-17-6-5-9(8-17)7-16-11-4-2-3-10(14)12(11)13(15)18/h2-4,9,16H,5-8H2,1H3,(H2,15,18). The minimum Gasteiger partial charge on any atom is -0.389 e. The van der Waals surface area contributed by atoms with Gasteiger partial charge in [0.2, 0.25) is 0 Å². The number of halogens is 1. The third kappa shape index (κ3) is 3.13. The molecule has 1 aromatic carbocycles. The van der Waals surface area contributed by atoms with Crippen LogP contribution in [0.15, 0.2) is 18.2 Å². The maximum absolute atomic E-state index is 6.13. The number of anilines is 1. The highest BCUT2D eigenvalue weighted by atomic mass is 35.5. The summed E-state index contributed by atoms with van der Waals surface area (Å²) in [5.74, 6) is 0.674. The zero-order valence-electron chi connectivity index (χ0n) is 10.4. The van der Waals surface area contributed by atoms with Crippen LogP contribution >= 0.6 is 23.8 Å². The SMILES string of the molecule is CN1CCC(CNc2cccc(Cl)c2C(N)=S)C1. The van der Waals surface area contributed by atoms with E-state index in [0.717, 1.165) is 24.3 Å². The quantitative estimate of drug-likeness (QED) is 0.833. The lowest BCUT2D eigenvalue weighted by molar-refractivity contribution is 0.399. The van der Waals surface area contributed by atoms with Gasteiger partial charge in [-0.15, -0.1) is 0 Å². The second kappa shape index (κ2) is 5.87. The zero-order chi connectivity index (χ0) is 13.1. The molecule has 3 nitrogen and oxygen atoms in total. The van der Waals surface area contributed by atoms with E-state index in [1.165, 1.54) is 13.0 Å². The summed E-state index contributed by atoms with van der Waals surface area (Å²) >= 11 is 11.2. The van der Waals surface area contributed by atoms with E-state index in [1.807, 2.05) is 18.2 Å². The molecule has 1 unspecified atom stereocenters. The van der Waals surface area contributed by atoms with Gasteiger partial charge in [0.05, 0.1) is 10.6 Å². The largest absolute Gasteiger partial charge is 0.389 e. The Morgan fingerprint density at radius 3 is 3.00 bits per heavy atom. The summed E-state index contributed by atoms with van der Waals surface area (Å²) in [6.07, 6.45) is 1.23. The minimum atomic E-state index is 0.339. The van der Waals surface area contributed by atoms with Crippen molar-refractivity contribution in [2.75, 3.05) is 32.0 Å². The number of nitrogens with one attached hydrogen (secondary N) is 1. The van der Waals surface area contributed by atoms with Crippen LogP contribution in [0, 0.1) is 5.92 Å². The van der Waals surface area contributed by atoms with Crippen LogP contribution in [0.2, 0.25) is 5.02 Å². The monoisotopic (exact) mass is 283 g/mol. The number of nitrogens with two attached hydrogens (primary N) is 1. The molecule has 18 heavy (non-hydrogen) atoms. The third-order valence-corrected chi connectivity index (χ3v) is 3.85. The fourth-order valence-corrected chi connectivity index (χ4v) is 2.92. The van der Waals surface area contributed by atoms with Crippen molar-refractivity contribution in [2.24, 2.45) is 11.7 Å². The minimum absolute atomic E-state index is 0.339. The number of rotatable bonds is 4. The Labute approximate surface area is 118 Å². The Kier molecular flexibility index (Phi) is 4.43. The molecule has 1 saturated heterocycles. The fraction of sp³-hybridized carbons (Fsp3) is 0.462. The Bertz CT molecular complexity index is 450. The smallest absolute Gasteiger partial charge is 0.107 e. The van der Waals surface area contributed by atoms with Crippen molar-refractivity contribution in [3.8, 4) is 0 Å². The van der Waals surface area contributed by atoms with Crippen molar-refractivity contribution in [1.29, 1.82) is 0 Å². The molecule has 0 spiro atoms. The molecule has 98 valence electrons. The summed E-state index contributed by atoms with van der Waals surface area (Å²) in [6, 6.07) is 5.69. The van der Waals surface area contributed by atoms with E-state index in [1.54, 1.807) is 0 Å². The van der Waals surface area contributed by atoms with Gasteiger partial charge in [-0.25, -0.2) is 0 Å². The van der Waals surface area contributed by atoms with Crippen LogP contribution in [0.4, 0.5) is 5.69 Å². The molecule has 3 N–H and O–H groups in total. The van der Waals surface area contributed by atoms with E-state index in [9.17, 15) is 0 Å². The average molecular weight is 284 g/mol. The molecule has 0 aromatic heterocycles. The molecule has 2 rings (SSSR count). The van der Waals surface area contributed by atoms with Gasteiger partial charge in [0.25, 0.3) is 0 Å². The highest BCUT2D eigenvalue weighted by Gasteiger charge is 2.19. The van der Waals surface area contributed by atoms with Gasteiger partial charge in [0, 0.05) is 18.8 Å². The molecule has 0 aliphatic carbocycles. The zero-order valence-corrected chi connectivity index (χ0v) is 12.0. The Hall–Kier alpha value is -0.840. The van der Waals surface area contributed by atoms with E-state index >= 15 is 0 Å². The predicted molar refractivity (Wildman–Crippen MR) is 81.4 cm³/mol. The molecular formula is C13H18ClN3S. The molecule has 5 heteroatoms. The highest BCUT2D eigenvalue weighted by Crippen LogP contribution is 2.25. The Balaban J connectivity index is 2.05. The van der Waals surface area contributed by atoms with Crippen LogP contribution in [-0.4, -0.2) is 36.6 Å². The number of thiocarbonyl (C=S) groups is 1. The van der Waals surface area contributed by atoms with Crippen LogP contribution in [0.3, 0.4) is 0 Å². The van der Waals surface area contributed by atoms with Gasteiger partial charge >= 0.3 is 0 Å². The summed E-state index contributed by atoms with van der Waals surface area (Å²) in [7, 11) is 2.15. The van der Waals surface area contributed by atoms with E-state index in [2.05, 4.69) is 17.3 Å². The first-order valence-electron chi connectivity index (χ1n) is 6.08. The van der Waals surface area contributed by atoms with Crippen molar-refractivity contribution in [3.05, 3.63) is 28.8 Å². The van der Waals surface area contributed by atoms with Crippen LogP contribution in [0.25, 0.3) is 0 Å². The lowest BCUT2D eigenvalue weighted by atomic mass is 10.1. The molecule has 1 aliphatic rings. The molecule has 0 bridgehead atoms. The molecule has 0 amide bonds. The van der Waals surface area contributed by atoms with E-state index in [-0.39, 0.29) is 0 Å². The summed E-state index contributed by atoms with van der Waals surface area (Å²) in [5, 5.41) is 4.03. The number of hydrogen-bond acceptors (Lipinski definition) is 3. The maximum atomic E-state index is 6.13. The molecule has 1 aromatic rings. The summed E-state index contributed by atoms with van der Waals surface area (Å²) in [6.45, 7) is 3.24. The van der Waals surface area contributed by atoms with Gasteiger partial charge < -0.3 is 16.0 Å². The van der Waals surface area contributed by atoms with Crippen molar-refractivity contribution < 1.29 is 0 Å². The first-order valence-corrected chi connectivity index (χ1v) is 6.87. The lowest BCUT2D eigenvalue weighted by Crippen LogP contribution is -2.21. The number of benzene rings is 1. The maximum Gasteiger partial charge on any atom is 0.107 e. The second-order valence-electron chi connectivity index (χ2n) is 4.82. The predicted octanol–water partition coefficient (Wildman–Crippen LogP) is 2.34. The van der Waals surface area contributed by atoms with Gasteiger partial charge in [-0.1, -0.05) is 29.9 Å². The average Bonchev–Trinajstić information content (AvgIpc) is 2.72. The molecule has 0 radical (unpaired) electrons. The van der Waals surface area contributed by atoms with Gasteiger partial charge in [0.1, 0.15) is 4.99 Å². The van der Waals surface area contributed by atoms with E-state index < -0.39 is 0 Å². The van der Waals surface area contributed by atoms with Gasteiger partial charge in [-0.05, 0) is 38.1 Å². The van der Waals surface area contributed by atoms with Crippen molar-refractivity contribution in [2.45, 2.75) is 6.42 Å². The molecule has 1 fully saturated rings. The number of nitrogens with zero attached hydrogens (tertiary/aromatic N) is 1. The first kappa shape index (κ1) is 13.6. The van der Waals surface area contributed by atoms with Crippen LogP contribution in [-0.2, 0) is 0 Å². The molecule has 1 heterocycles. The second-order valence-corrected chi connectivity index (χ2v) is 5.67. The van der Waals surface area contributed by atoms with E-state index in [4.69, 9.17) is 29.6 Å². The summed E-state index contributed by atoms with van der Waals surface area (Å²) in [4.78, 5) is 2.69. The summed E-state index contributed by atoms with van der Waals surface area (Å²) < 4.78 is 0. The topological polar surface area (TPSA) is 41.3 Å². The molecular weight excluding hydrogens is 266 g/mol. The molecule has 1 atom stereocenters. The van der Waals surface area contributed by atoms with Crippen LogP contribution in [0.5, 0.6) is 0 Å². The normalized spacial score (nSPS) is 20.0. The summed E-state index contributed by atoms with van der Waals surface area (Å²) in [5.41, 5.74) is 7.41. The van der Waals surface area contributed by atoms with Crippen molar-refractivity contribution in [1.82, 2.24) is 4.90 Å². The highest BCUT2D eigenvalue weighted by molar-refractivity contribution is 7.80. The van der Waals surface area contributed by atoms with Gasteiger partial charge in [-0.2, -0.15) is 0 Å². The molecule has 1 aliphatic heterocycles. The first-order chi connectivity index (χ1) is 8.58. The Morgan fingerprint density at radius 2 is 2.39 bits per heavy atom. The fourth-order valence-electron chi connectivity index (χ4n) is 2.37. The number of hydrogen-bond donors (Lipinski definition) is 2. The van der Waals surface area contributed by atoms with Crippen molar-refractivity contribution in [3.63, 3.8) is 0 Å². The van der Waals surface area contributed by atoms with Crippen LogP contribution < -0.4 is 11.1 Å².